The number of hydrogen-bond donors (Lipinski definition) is 1. The van der Waals surface area contributed by atoms with Crippen molar-refractivity contribution in [3.05, 3.63) is 35.0 Å². The molecular formula is C12H14N8S. The summed E-state index contributed by atoms with van der Waals surface area (Å²) in [6, 6.07) is 4.11. The van der Waals surface area contributed by atoms with Gasteiger partial charge in [-0.3, -0.25) is 0 Å². The summed E-state index contributed by atoms with van der Waals surface area (Å²) in [6.07, 6.45) is 3.00. The molecule has 0 aliphatic rings. The number of nitrogens with one attached hydrogen (secondary N) is 1. The summed E-state index contributed by atoms with van der Waals surface area (Å²) in [5, 5.41) is 9.03. The van der Waals surface area contributed by atoms with E-state index in [4.69, 9.17) is 0 Å². The van der Waals surface area contributed by atoms with Gasteiger partial charge in [0.15, 0.2) is 0 Å². The van der Waals surface area contributed by atoms with Gasteiger partial charge < -0.3 is 10.2 Å². The molecule has 0 saturated carbocycles. The Morgan fingerprint density at radius 3 is 2.90 bits per heavy atom. The maximum Gasteiger partial charge on any atom is 0.258 e. The van der Waals surface area contributed by atoms with Crippen molar-refractivity contribution in [2.24, 2.45) is 0 Å². The van der Waals surface area contributed by atoms with E-state index in [0.29, 0.717) is 17.8 Å². The van der Waals surface area contributed by atoms with Crippen LogP contribution >= 0.6 is 11.3 Å². The molecule has 3 rings (SSSR count). The molecule has 0 aliphatic heterocycles. The van der Waals surface area contributed by atoms with Crippen molar-refractivity contribution < 1.29 is 0 Å². The largest absolute Gasteiger partial charge is 0.357 e. The highest BCUT2D eigenvalue weighted by molar-refractivity contribution is 7.09. The summed E-state index contributed by atoms with van der Waals surface area (Å²) in [6.45, 7) is 0.738. The van der Waals surface area contributed by atoms with Gasteiger partial charge in [-0.25, -0.2) is 4.98 Å². The van der Waals surface area contributed by atoms with Crippen LogP contribution in [0.3, 0.4) is 0 Å². The van der Waals surface area contributed by atoms with E-state index in [-0.39, 0.29) is 0 Å². The van der Waals surface area contributed by atoms with Gasteiger partial charge in [0.05, 0.1) is 6.54 Å². The Bertz CT molecular complexity index is 694. The molecule has 3 aromatic rings. The number of rotatable bonds is 5. The monoisotopic (exact) mass is 302 g/mol. The van der Waals surface area contributed by atoms with Crippen LogP contribution in [0.15, 0.2) is 30.2 Å². The number of aromatic nitrogens is 6. The predicted molar refractivity (Wildman–Crippen MR) is 80.7 cm³/mol. The van der Waals surface area contributed by atoms with Crippen LogP contribution < -0.4 is 10.2 Å². The molecule has 0 fully saturated rings. The SMILES string of the molecule is CNc1nc(N(C)Cc2cccs2)nc(-n2cncn2)n1. The third-order valence-corrected chi connectivity index (χ3v) is 3.63. The minimum absolute atomic E-state index is 0.430. The Hall–Kier alpha value is -2.55. The van der Waals surface area contributed by atoms with Gasteiger partial charge in [0, 0.05) is 19.0 Å². The highest BCUT2D eigenvalue weighted by atomic mass is 32.1. The van der Waals surface area contributed by atoms with Crippen LogP contribution in [0.4, 0.5) is 11.9 Å². The van der Waals surface area contributed by atoms with Crippen molar-refractivity contribution >= 4 is 23.2 Å². The third kappa shape index (κ3) is 2.97. The van der Waals surface area contributed by atoms with Crippen LogP contribution in [-0.2, 0) is 6.54 Å². The van der Waals surface area contributed by atoms with Gasteiger partial charge in [-0.1, -0.05) is 6.07 Å². The maximum absolute atomic E-state index is 4.43. The second-order valence-electron chi connectivity index (χ2n) is 4.28. The summed E-state index contributed by atoms with van der Waals surface area (Å²) in [5.74, 6) is 1.50. The standard InChI is InChI=1S/C12H14N8S/c1-13-10-16-11(19(2)6-9-4-3-5-21-9)18-12(17-10)20-8-14-7-15-20/h3-5,7-8H,6H2,1-2H3,(H,13,16,17,18). The molecule has 0 unspecified atom stereocenters. The zero-order valence-corrected chi connectivity index (χ0v) is 12.4. The zero-order chi connectivity index (χ0) is 14.7. The summed E-state index contributed by atoms with van der Waals surface area (Å²) < 4.78 is 1.50. The highest BCUT2D eigenvalue weighted by Crippen LogP contribution is 2.16. The van der Waals surface area contributed by atoms with Crippen molar-refractivity contribution in [2.45, 2.75) is 6.54 Å². The second-order valence-corrected chi connectivity index (χ2v) is 5.32. The molecule has 3 aromatic heterocycles. The predicted octanol–water partition coefficient (Wildman–Crippen LogP) is 1.19. The van der Waals surface area contributed by atoms with Gasteiger partial charge in [0.25, 0.3) is 5.95 Å². The molecule has 1 N–H and O–H groups in total. The van der Waals surface area contributed by atoms with E-state index in [1.807, 2.05) is 18.0 Å². The molecule has 0 radical (unpaired) electrons. The van der Waals surface area contributed by atoms with Crippen molar-refractivity contribution in [3.63, 3.8) is 0 Å². The molecule has 0 amide bonds. The fraction of sp³-hybridized carbons (Fsp3) is 0.250. The molecule has 0 bridgehead atoms. The Kier molecular flexibility index (Phi) is 3.73. The minimum Gasteiger partial charge on any atom is -0.357 e. The highest BCUT2D eigenvalue weighted by Gasteiger charge is 2.12. The molecule has 0 atom stereocenters. The lowest BCUT2D eigenvalue weighted by molar-refractivity contribution is 0.776. The normalized spacial score (nSPS) is 10.6. The van der Waals surface area contributed by atoms with Gasteiger partial charge in [-0.15, -0.1) is 11.3 Å². The Morgan fingerprint density at radius 1 is 1.33 bits per heavy atom. The summed E-state index contributed by atoms with van der Waals surface area (Å²) >= 11 is 1.70. The molecule has 3 heterocycles. The topological polar surface area (TPSA) is 84.7 Å². The molecular weight excluding hydrogens is 288 g/mol. The van der Waals surface area contributed by atoms with Crippen molar-refractivity contribution in [1.82, 2.24) is 29.7 Å². The van der Waals surface area contributed by atoms with E-state index in [1.54, 1.807) is 24.7 Å². The van der Waals surface area contributed by atoms with E-state index in [0.717, 1.165) is 6.54 Å². The third-order valence-electron chi connectivity index (χ3n) is 2.77. The van der Waals surface area contributed by atoms with E-state index in [2.05, 4.69) is 41.8 Å². The molecule has 8 nitrogen and oxygen atoms in total. The van der Waals surface area contributed by atoms with E-state index in [1.165, 1.54) is 15.9 Å². The van der Waals surface area contributed by atoms with Gasteiger partial charge in [-0.05, 0) is 11.4 Å². The van der Waals surface area contributed by atoms with Crippen LogP contribution in [0.5, 0.6) is 0 Å². The minimum atomic E-state index is 0.430. The number of thiophene rings is 1. The Morgan fingerprint density at radius 2 is 2.24 bits per heavy atom. The average molecular weight is 302 g/mol. The summed E-state index contributed by atoms with van der Waals surface area (Å²) in [5.41, 5.74) is 0. The maximum atomic E-state index is 4.43. The fourth-order valence-corrected chi connectivity index (χ4v) is 2.51. The van der Waals surface area contributed by atoms with Gasteiger partial charge in [-0.2, -0.15) is 24.7 Å². The number of nitrogens with zero attached hydrogens (tertiary/aromatic N) is 7. The lowest BCUT2D eigenvalue weighted by Gasteiger charge is -2.17. The smallest absolute Gasteiger partial charge is 0.258 e. The van der Waals surface area contributed by atoms with Crippen molar-refractivity contribution in [2.75, 3.05) is 24.3 Å². The average Bonchev–Trinajstić information content (AvgIpc) is 3.20. The van der Waals surface area contributed by atoms with Gasteiger partial charge >= 0.3 is 0 Å². The molecule has 21 heavy (non-hydrogen) atoms. The number of hydrogen-bond acceptors (Lipinski definition) is 8. The lowest BCUT2D eigenvalue weighted by Crippen LogP contribution is -2.21. The molecule has 0 aliphatic carbocycles. The molecule has 0 saturated heterocycles. The molecule has 0 spiro atoms. The Balaban J connectivity index is 1.92. The van der Waals surface area contributed by atoms with Crippen molar-refractivity contribution in [1.29, 1.82) is 0 Å². The quantitative estimate of drug-likeness (QED) is 0.757. The van der Waals surface area contributed by atoms with Crippen LogP contribution in [0.1, 0.15) is 4.88 Å². The first-order valence-electron chi connectivity index (χ1n) is 6.28. The van der Waals surface area contributed by atoms with Crippen LogP contribution in [-0.4, -0.2) is 43.8 Å². The molecule has 0 aromatic carbocycles. The van der Waals surface area contributed by atoms with E-state index in [9.17, 15) is 0 Å². The van der Waals surface area contributed by atoms with Crippen LogP contribution in [0.25, 0.3) is 5.95 Å². The van der Waals surface area contributed by atoms with Crippen LogP contribution in [0, 0.1) is 0 Å². The van der Waals surface area contributed by atoms with Crippen LogP contribution in [0.2, 0.25) is 0 Å². The zero-order valence-electron chi connectivity index (χ0n) is 11.6. The number of anilines is 2. The van der Waals surface area contributed by atoms with Gasteiger partial charge in [0.2, 0.25) is 11.9 Å². The summed E-state index contributed by atoms with van der Waals surface area (Å²) in [4.78, 5) is 20.2. The lowest BCUT2D eigenvalue weighted by atomic mass is 10.4. The van der Waals surface area contributed by atoms with Crippen molar-refractivity contribution in [3.8, 4) is 5.95 Å². The van der Waals surface area contributed by atoms with E-state index >= 15 is 0 Å². The first kappa shape index (κ1) is 13.4. The molecule has 9 heteroatoms. The second kappa shape index (κ2) is 5.83. The fourth-order valence-electron chi connectivity index (χ4n) is 1.76. The first-order valence-corrected chi connectivity index (χ1v) is 7.16. The summed E-state index contributed by atoms with van der Waals surface area (Å²) in [7, 11) is 3.71. The first-order chi connectivity index (χ1) is 10.3. The van der Waals surface area contributed by atoms with Gasteiger partial charge in [0.1, 0.15) is 12.7 Å². The molecule has 108 valence electrons. The Labute approximate surface area is 125 Å². The van der Waals surface area contributed by atoms with E-state index < -0.39 is 0 Å².